The number of thiocarbonyl (C=S) groups is 1. The fourth-order valence-electron chi connectivity index (χ4n) is 2.60. The van der Waals surface area contributed by atoms with E-state index in [1.807, 2.05) is 4.90 Å². The first-order chi connectivity index (χ1) is 8.50. The summed E-state index contributed by atoms with van der Waals surface area (Å²) < 4.78 is 0. The molecule has 0 aromatic rings. The quantitative estimate of drug-likeness (QED) is 0.755. The first-order valence-electron chi connectivity index (χ1n) is 7.08. The van der Waals surface area contributed by atoms with Crippen LogP contribution in [0.2, 0.25) is 0 Å². The molecule has 0 unspecified atom stereocenters. The molecule has 0 aromatic carbocycles. The van der Waals surface area contributed by atoms with Crippen molar-refractivity contribution >= 4 is 23.1 Å². The third kappa shape index (κ3) is 5.34. The molecule has 18 heavy (non-hydrogen) atoms. The van der Waals surface area contributed by atoms with Crippen LogP contribution in [0.5, 0.6) is 0 Å². The van der Waals surface area contributed by atoms with E-state index in [0.29, 0.717) is 36.3 Å². The fourth-order valence-corrected chi connectivity index (χ4v) is 2.69. The number of rotatable bonds is 6. The molecule has 0 saturated heterocycles. The van der Waals surface area contributed by atoms with E-state index in [0.717, 1.165) is 12.8 Å². The maximum atomic E-state index is 12.3. The summed E-state index contributed by atoms with van der Waals surface area (Å²) in [6, 6.07) is 0.416. The summed E-state index contributed by atoms with van der Waals surface area (Å²) in [6.45, 7) is 4.88. The van der Waals surface area contributed by atoms with Crippen molar-refractivity contribution in [3.8, 4) is 0 Å². The van der Waals surface area contributed by atoms with Crippen molar-refractivity contribution in [1.29, 1.82) is 0 Å². The smallest absolute Gasteiger partial charge is 0.223 e. The molecular weight excluding hydrogens is 244 g/mol. The van der Waals surface area contributed by atoms with Crippen LogP contribution in [0.4, 0.5) is 0 Å². The maximum absolute atomic E-state index is 12.3. The molecule has 0 atom stereocenters. The summed E-state index contributed by atoms with van der Waals surface area (Å²) in [7, 11) is 0. The van der Waals surface area contributed by atoms with Crippen LogP contribution in [0.15, 0.2) is 0 Å². The summed E-state index contributed by atoms with van der Waals surface area (Å²) >= 11 is 4.93. The second-order valence-corrected chi connectivity index (χ2v) is 6.22. The van der Waals surface area contributed by atoms with E-state index >= 15 is 0 Å². The number of carbonyl (C=O) groups is 1. The normalized spacial score (nSPS) is 16.8. The lowest BCUT2D eigenvalue weighted by atomic mass is 9.93. The van der Waals surface area contributed by atoms with E-state index in [9.17, 15) is 4.79 Å². The van der Waals surface area contributed by atoms with Gasteiger partial charge in [0.25, 0.3) is 0 Å². The zero-order valence-electron chi connectivity index (χ0n) is 11.7. The topological polar surface area (TPSA) is 46.3 Å². The number of carbonyl (C=O) groups excluding carboxylic acids is 1. The van der Waals surface area contributed by atoms with Crippen molar-refractivity contribution < 1.29 is 4.79 Å². The van der Waals surface area contributed by atoms with Crippen molar-refractivity contribution in [2.45, 2.75) is 64.8 Å². The minimum absolute atomic E-state index is 0.271. The van der Waals surface area contributed by atoms with Gasteiger partial charge in [0.2, 0.25) is 5.91 Å². The molecule has 0 bridgehead atoms. The lowest BCUT2D eigenvalue weighted by Crippen LogP contribution is -2.43. The van der Waals surface area contributed by atoms with Crippen LogP contribution in [-0.2, 0) is 4.79 Å². The van der Waals surface area contributed by atoms with Crippen LogP contribution in [0, 0.1) is 5.92 Å². The van der Waals surface area contributed by atoms with Gasteiger partial charge in [-0.15, -0.1) is 0 Å². The predicted molar refractivity (Wildman–Crippen MR) is 79.4 cm³/mol. The summed E-state index contributed by atoms with van der Waals surface area (Å²) in [5.41, 5.74) is 5.57. The average Bonchev–Trinajstić information content (AvgIpc) is 2.29. The molecule has 0 spiro atoms. The highest BCUT2D eigenvalue weighted by atomic mass is 32.1. The van der Waals surface area contributed by atoms with Gasteiger partial charge in [-0.3, -0.25) is 4.79 Å². The molecule has 4 heteroatoms. The summed E-state index contributed by atoms with van der Waals surface area (Å²) in [4.78, 5) is 14.9. The summed E-state index contributed by atoms with van der Waals surface area (Å²) in [5.74, 6) is 0.682. The minimum atomic E-state index is 0.271. The molecule has 1 amide bonds. The minimum Gasteiger partial charge on any atom is -0.393 e. The summed E-state index contributed by atoms with van der Waals surface area (Å²) in [6.07, 6.45) is 7.34. The Labute approximate surface area is 116 Å². The van der Waals surface area contributed by atoms with Gasteiger partial charge in [0, 0.05) is 25.4 Å². The average molecular weight is 270 g/mol. The fraction of sp³-hybridized carbons (Fsp3) is 0.857. The predicted octanol–water partition coefficient (Wildman–Crippen LogP) is 2.87. The van der Waals surface area contributed by atoms with Crippen molar-refractivity contribution in [3.63, 3.8) is 0 Å². The van der Waals surface area contributed by atoms with Crippen molar-refractivity contribution in [2.24, 2.45) is 11.7 Å². The zero-order valence-corrected chi connectivity index (χ0v) is 12.5. The van der Waals surface area contributed by atoms with Crippen LogP contribution >= 0.6 is 12.2 Å². The number of amides is 1. The molecular formula is C14H26N2OS. The summed E-state index contributed by atoms with van der Waals surface area (Å²) in [5, 5.41) is 0. The van der Waals surface area contributed by atoms with E-state index in [4.69, 9.17) is 18.0 Å². The van der Waals surface area contributed by atoms with Gasteiger partial charge in [-0.2, -0.15) is 0 Å². The molecule has 1 fully saturated rings. The van der Waals surface area contributed by atoms with Crippen molar-refractivity contribution in [1.82, 2.24) is 4.90 Å². The number of nitrogens with zero attached hydrogens (tertiary/aromatic N) is 1. The number of hydrogen-bond donors (Lipinski definition) is 1. The second kappa shape index (κ2) is 7.72. The molecule has 1 rings (SSSR count). The number of hydrogen-bond acceptors (Lipinski definition) is 2. The van der Waals surface area contributed by atoms with Crippen molar-refractivity contribution in [3.05, 3.63) is 0 Å². The van der Waals surface area contributed by atoms with Gasteiger partial charge in [0.05, 0.1) is 4.99 Å². The molecule has 1 aliphatic rings. The largest absolute Gasteiger partial charge is 0.393 e. The molecule has 0 heterocycles. The van der Waals surface area contributed by atoms with Gasteiger partial charge < -0.3 is 10.6 Å². The van der Waals surface area contributed by atoms with E-state index in [1.165, 1.54) is 19.3 Å². The molecule has 3 nitrogen and oxygen atoms in total. The number of nitrogens with two attached hydrogens (primary N) is 1. The first kappa shape index (κ1) is 15.4. The van der Waals surface area contributed by atoms with E-state index in [-0.39, 0.29) is 5.91 Å². The highest BCUT2D eigenvalue weighted by molar-refractivity contribution is 7.80. The van der Waals surface area contributed by atoms with Crippen LogP contribution in [-0.4, -0.2) is 28.4 Å². The molecule has 2 N–H and O–H groups in total. The van der Waals surface area contributed by atoms with Gasteiger partial charge in [-0.25, -0.2) is 0 Å². The highest BCUT2D eigenvalue weighted by Gasteiger charge is 2.25. The maximum Gasteiger partial charge on any atom is 0.223 e. The van der Waals surface area contributed by atoms with Gasteiger partial charge in [0.15, 0.2) is 0 Å². The van der Waals surface area contributed by atoms with Gasteiger partial charge in [-0.1, -0.05) is 45.3 Å². The third-order valence-electron chi connectivity index (χ3n) is 3.52. The monoisotopic (exact) mass is 270 g/mol. The third-order valence-corrected chi connectivity index (χ3v) is 3.72. The van der Waals surface area contributed by atoms with Gasteiger partial charge in [0.1, 0.15) is 0 Å². The Morgan fingerprint density at radius 3 is 2.44 bits per heavy atom. The Bertz CT molecular complexity index is 286. The van der Waals surface area contributed by atoms with Crippen LogP contribution in [0.1, 0.15) is 58.8 Å². The second-order valence-electron chi connectivity index (χ2n) is 5.69. The lowest BCUT2D eigenvalue weighted by Gasteiger charge is -2.35. The lowest BCUT2D eigenvalue weighted by molar-refractivity contribution is -0.134. The van der Waals surface area contributed by atoms with Gasteiger partial charge >= 0.3 is 0 Å². The van der Waals surface area contributed by atoms with Crippen molar-refractivity contribution in [2.75, 3.05) is 6.54 Å². The van der Waals surface area contributed by atoms with E-state index in [1.54, 1.807) is 0 Å². The Balaban J connectivity index is 2.60. The molecule has 104 valence electrons. The van der Waals surface area contributed by atoms with Crippen LogP contribution in [0.3, 0.4) is 0 Å². The van der Waals surface area contributed by atoms with Crippen LogP contribution < -0.4 is 5.73 Å². The Morgan fingerprint density at radius 1 is 1.33 bits per heavy atom. The van der Waals surface area contributed by atoms with E-state index < -0.39 is 0 Å². The van der Waals surface area contributed by atoms with Crippen LogP contribution in [0.25, 0.3) is 0 Å². The Kier molecular flexibility index (Phi) is 6.61. The standard InChI is InChI=1S/C14H26N2OS/c1-11(2)10-14(17)16(9-8-13(15)18)12-6-4-3-5-7-12/h11-12H,3-10H2,1-2H3,(H2,15,18). The molecule has 0 radical (unpaired) electrons. The zero-order chi connectivity index (χ0) is 13.5. The van der Waals surface area contributed by atoms with E-state index in [2.05, 4.69) is 13.8 Å². The van der Waals surface area contributed by atoms with Gasteiger partial charge in [-0.05, 0) is 18.8 Å². The molecule has 1 saturated carbocycles. The Hall–Kier alpha value is -0.640. The SMILES string of the molecule is CC(C)CC(=O)N(CCC(N)=S)C1CCCCC1. The Morgan fingerprint density at radius 2 is 1.94 bits per heavy atom. The highest BCUT2D eigenvalue weighted by Crippen LogP contribution is 2.24. The molecule has 0 aliphatic heterocycles. The molecule has 0 aromatic heterocycles. The molecule has 1 aliphatic carbocycles. The first-order valence-corrected chi connectivity index (χ1v) is 7.49.